The van der Waals surface area contributed by atoms with Crippen molar-refractivity contribution in [2.75, 3.05) is 19.4 Å². The highest BCUT2D eigenvalue weighted by Gasteiger charge is 2.41. The summed E-state index contributed by atoms with van der Waals surface area (Å²) >= 11 is 7.08. The van der Waals surface area contributed by atoms with Crippen LogP contribution in [-0.2, 0) is 11.0 Å². The number of aldehydes is 1. The van der Waals surface area contributed by atoms with Crippen molar-refractivity contribution >= 4 is 35.5 Å². The van der Waals surface area contributed by atoms with Gasteiger partial charge in [-0.1, -0.05) is 23.7 Å². The van der Waals surface area contributed by atoms with Gasteiger partial charge < -0.3 is 14.9 Å². The van der Waals surface area contributed by atoms with Gasteiger partial charge in [0.25, 0.3) is 0 Å². The fraction of sp³-hybridized carbons (Fsp3) is 0.320. The van der Waals surface area contributed by atoms with E-state index in [2.05, 4.69) is 10.0 Å². The first-order chi connectivity index (χ1) is 16.4. The molecule has 10 heteroatoms. The number of carbonyl (C=O) groups excluding carboxylic acids is 1. The number of alkyl halides is 3. The number of anilines is 1. The van der Waals surface area contributed by atoms with E-state index in [0.717, 1.165) is 11.6 Å². The molecular formula is C25H26ClF4N3OS. The molecule has 0 aromatic heterocycles. The lowest BCUT2D eigenvalue weighted by Gasteiger charge is -2.23. The summed E-state index contributed by atoms with van der Waals surface area (Å²) in [6, 6.07) is 8.82. The topological polar surface area (TPSA) is 44.4 Å². The summed E-state index contributed by atoms with van der Waals surface area (Å²) in [7, 11) is 3.55. The molecule has 0 amide bonds. The number of allylic oxidation sites excluding steroid dienone is 2. The molecule has 0 heterocycles. The smallest absolute Gasteiger partial charge is 0.363 e. The molecule has 188 valence electrons. The Labute approximate surface area is 211 Å². The average Bonchev–Trinajstić information content (AvgIpc) is 3.55. The number of carbonyl (C=O) groups is 1. The first kappa shape index (κ1) is 26.9. The third kappa shape index (κ3) is 6.95. The minimum absolute atomic E-state index is 0.0109. The third-order valence-corrected chi connectivity index (χ3v) is 6.91. The number of rotatable bonds is 9. The number of nitrogens with zero attached hydrogens (tertiary/aromatic N) is 1. The standard InChI is InChI=1S/C25H26ClF4N3OS/c1-14-5-8-21(20(27)9-14)31-24(33(3)4)22(10-15(2)13-34)32-35-23-12-17(23)16-6-7-19(26)18(11-16)25(28,29)30/h5-11,13,17,23,31-32H,12H2,1-4H3/b15-10-,24-22+. The van der Waals surface area contributed by atoms with Crippen LogP contribution in [0.1, 0.15) is 36.0 Å². The van der Waals surface area contributed by atoms with Crippen LogP contribution in [0.5, 0.6) is 0 Å². The highest BCUT2D eigenvalue weighted by molar-refractivity contribution is 7.98. The van der Waals surface area contributed by atoms with E-state index in [0.29, 0.717) is 35.4 Å². The molecule has 2 aromatic carbocycles. The molecule has 0 spiro atoms. The van der Waals surface area contributed by atoms with Crippen LogP contribution in [0, 0.1) is 12.7 Å². The van der Waals surface area contributed by atoms with Crippen LogP contribution in [-0.4, -0.2) is 30.5 Å². The van der Waals surface area contributed by atoms with Gasteiger partial charge in [0.1, 0.15) is 17.9 Å². The zero-order chi connectivity index (χ0) is 25.9. The molecule has 0 bridgehead atoms. The predicted octanol–water partition coefficient (Wildman–Crippen LogP) is 6.89. The molecule has 0 radical (unpaired) electrons. The molecule has 0 aliphatic heterocycles. The molecule has 2 N–H and O–H groups in total. The van der Waals surface area contributed by atoms with Crippen molar-refractivity contribution in [3.8, 4) is 0 Å². The van der Waals surface area contributed by atoms with E-state index in [9.17, 15) is 22.4 Å². The van der Waals surface area contributed by atoms with E-state index in [1.807, 2.05) is 0 Å². The quantitative estimate of drug-likeness (QED) is 0.122. The summed E-state index contributed by atoms with van der Waals surface area (Å²) in [4.78, 5) is 13.0. The van der Waals surface area contributed by atoms with Gasteiger partial charge in [0.2, 0.25) is 0 Å². The zero-order valence-corrected chi connectivity index (χ0v) is 21.2. The number of nitrogens with one attached hydrogen (secondary N) is 2. The molecule has 1 aliphatic carbocycles. The first-order valence-electron chi connectivity index (χ1n) is 10.8. The van der Waals surface area contributed by atoms with Crippen LogP contribution in [0.2, 0.25) is 5.02 Å². The van der Waals surface area contributed by atoms with Gasteiger partial charge in [-0.3, -0.25) is 4.79 Å². The summed E-state index contributed by atoms with van der Waals surface area (Å²) in [5.74, 6) is 0.0241. The van der Waals surface area contributed by atoms with E-state index in [4.69, 9.17) is 11.6 Å². The Balaban J connectivity index is 1.82. The molecule has 2 unspecified atom stereocenters. The van der Waals surface area contributed by atoms with Crippen LogP contribution in [0.15, 0.2) is 59.6 Å². The number of hydrogen-bond donors (Lipinski definition) is 2. The molecule has 0 saturated heterocycles. The molecule has 2 atom stereocenters. The van der Waals surface area contributed by atoms with Crippen molar-refractivity contribution in [3.63, 3.8) is 0 Å². The largest absolute Gasteiger partial charge is 0.417 e. The Morgan fingerprint density at radius 1 is 1.20 bits per heavy atom. The zero-order valence-electron chi connectivity index (χ0n) is 19.6. The lowest BCUT2D eigenvalue weighted by Crippen LogP contribution is -2.24. The summed E-state index contributed by atoms with van der Waals surface area (Å²) in [6.07, 6.45) is -1.50. The lowest BCUT2D eigenvalue weighted by atomic mass is 10.1. The van der Waals surface area contributed by atoms with E-state index < -0.39 is 17.6 Å². The first-order valence-corrected chi connectivity index (χ1v) is 12.0. The van der Waals surface area contributed by atoms with Crippen LogP contribution in [0.25, 0.3) is 0 Å². The van der Waals surface area contributed by atoms with Crippen molar-refractivity contribution in [2.24, 2.45) is 0 Å². The van der Waals surface area contributed by atoms with Crippen molar-refractivity contribution < 1.29 is 22.4 Å². The Morgan fingerprint density at radius 3 is 2.51 bits per heavy atom. The second kappa shape index (κ2) is 11.0. The number of hydrogen-bond acceptors (Lipinski definition) is 5. The minimum Gasteiger partial charge on any atom is -0.363 e. The summed E-state index contributed by atoms with van der Waals surface area (Å²) in [5.41, 5.74) is 1.75. The molecule has 1 fully saturated rings. The Kier molecular flexibility index (Phi) is 8.43. The Hall–Kier alpha value is -2.65. The second-order valence-electron chi connectivity index (χ2n) is 8.61. The normalized spacial score (nSPS) is 18.6. The van der Waals surface area contributed by atoms with Crippen molar-refractivity contribution in [2.45, 2.75) is 37.6 Å². The van der Waals surface area contributed by atoms with Gasteiger partial charge in [-0.25, -0.2) is 4.39 Å². The Bertz CT molecular complexity index is 1160. The third-order valence-electron chi connectivity index (χ3n) is 5.41. The van der Waals surface area contributed by atoms with Crippen LogP contribution >= 0.6 is 23.5 Å². The monoisotopic (exact) mass is 527 g/mol. The van der Waals surface area contributed by atoms with E-state index in [1.54, 1.807) is 57.1 Å². The van der Waals surface area contributed by atoms with Gasteiger partial charge >= 0.3 is 6.18 Å². The van der Waals surface area contributed by atoms with Crippen molar-refractivity contribution in [3.05, 3.63) is 87.1 Å². The average molecular weight is 528 g/mol. The SMILES string of the molecule is C/C(C=O)=C/C(NSC1CC1c1ccc(Cl)c(C(F)(F)F)c1)=C(/Nc1ccc(C)cc1F)N(C)C. The Morgan fingerprint density at radius 2 is 1.91 bits per heavy atom. The lowest BCUT2D eigenvalue weighted by molar-refractivity contribution is -0.137. The van der Waals surface area contributed by atoms with Crippen LogP contribution in [0.4, 0.5) is 23.2 Å². The highest BCUT2D eigenvalue weighted by atomic mass is 35.5. The van der Waals surface area contributed by atoms with Crippen molar-refractivity contribution in [1.82, 2.24) is 9.62 Å². The van der Waals surface area contributed by atoms with Crippen LogP contribution < -0.4 is 10.0 Å². The van der Waals surface area contributed by atoms with Gasteiger partial charge in [-0.15, -0.1) is 0 Å². The molecule has 4 nitrogen and oxygen atoms in total. The fourth-order valence-electron chi connectivity index (χ4n) is 3.46. The maximum absolute atomic E-state index is 14.5. The molecule has 1 saturated carbocycles. The van der Waals surface area contributed by atoms with Gasteiger partial charge in [0.05, 0.1) is 22.0 Å². The summed E-state index contributed by atoms with van der Waals surface area (Å²) in [6.45, 7) is 3.44. The van der Waals surface area contributed by atoms with E-state index in [-0.39, 0.29) is 21.9 Å². The van der Waals surface area contributed by atoms with Gasteiger partial charge in [0.15, 0.2) is 0 Å². The highest BCUT2D eigenvalue weighted by Crippen LogP contribution is 2.50. The second-order valence-corrected chi connectivity index (χ2v) is 10.1. The van der Waals surface area contributed by atoms with E-state index >= 15 is 0 Å². The number of aryl methyl sites for hydroxylation is 1. The van der Waals surface area contributed by atoms with E-state index in [1.165, 1.54) is 24.1 Å². The molecule has 1 aliphatic rings. The minimum atomic E-state index is -4.52. The molecule has 3 rings (SSSR count). The fourth-order valence-corrected chi connectivity index (χ4v) is 4.74. The summed E-state index contributed by atoms with van der Waals surface area (Å²) < 4.78 is 57.4. The maximum atomic E-state index is 14.5. The number of benzene rings is 2. The van der Waals surface area contributed by atoms with Gasteiger partial charge in [-0.05, 0) is 85.2 Å². The van der Waals surface area contributed by atoms with Crippen LogP contribution in [0.3, 0.4) is 0 Å². The molecular weight excluding hydrogens is 502 g/mol. The number of halogens is 5. The predicted molar refractivity (Wildman–Crippen MR) is 134 cm³/mol. The van der Waals surface area contributed by atoms with Gasteiger partial charge in [-0.2, -0.15) is 13.2 Å². The van der Waals surface area contributed by atoms with Gasteiger partial charge in [0, 0.05) is 19.3 Å². The summed E-state index contributed by atoms with van der Waals surface area (Å²) in [5, 5.41) is 2.76. The molecule has 2 aromatic rings. The molecule has 35 heavy (non-hydrogen) atoms. The maximum Gasteiger partial charge on any atom is 0.417 e. The van der Waals surface area contributed by atoms with Crippen molar-refractivity contribution in [1.29, 1.82) is 0 Å².